The first-order chi connectivity index (χ1) is 14.8. The molecule has 3 aromatic rings. The molecule has 0 spiro atoms. The number of carbonyl (C=O) groups excluding carboxylic acids is 4. The van der Waals surface area contributed by atoms with E-state index in [4.69, 9.17) is 4.74 Å². The maximum absolute atomic E-state index is 13.4. The van der Waals surface area contributed by atoms with Gasteiger partial charge in [-0.2, -0.15) is 0 Å². The number of ketones is 3. The van der Waals surface area contributed by atoms with Crippen molar-refractivity contribution < 1.29 is 23.9 Å². The predicted molar refractivity (Wildman–Crippen MR) is 112 cm³/mol. The SMILES string of the molecule is CC1(C)CC(=O)C=C(OC(=O)c2c3c(n4ccccc24)C(=O)c2ccccc2C3=O)C1. The number of pyridine rings is 1. The first-order valence-electron chi connectivity index (χ1n) is 10.0. The lowest BCUT2D eigenvalue weighted by Crippen LogP contribution is -2.25. The Labute approximate surface area is 178 Å². The second kappa shape index (κ2) is 6.60. The average Bonchev–Trinajstić information content (AvgIpc) is 3.06. The van der Waals surface area contributed by atoms with Crippen LogP contribution in [0.25, 0.3) is 5.52 Å². The Morgan fingerprint density at radius 3 is 2.32 bits per heavy atom. The lowest BCUT2D eigenvalue weighted by molar-refractivity contribution is -0.117. The van der Waals surface area contributed by atoms with E-state index in [9.17, 15) is 19.2 Å². The van der Waals surface area contributed by atoms with E-state index in [-0.39, 0.29) is 45.1 Å². The minimum Gasteiger partial charge on any atom is -0.427 e. The van der Waals surface area contributed by atoms with Crippen molar-refractivity contribution in [3.05, 3.63) is 88.4 Å². The Morgan fingerprint density at radius 2 is 1.61 bits per heavy atom. The van der Waals surface area contributed by atoms with Gasteiger partial charge in [0.2, 0.25) is 5.78 Å². The van der Waals surface area contributed by atoms with Crippen LogP contribution >= 0.6 is 0 Å². The molecule has 0 radical (unpaired) electrons. The van der Waals surface area contributed by atoms with Gasteiger partial charge in [0.1, 0.15) is 11.5 Å². The third-order valence-corrected chi connectivity index (χ3v) is 5.76. The fraction of sp³-hybridized carbons (Fsp3) is 0.200. The average molecular weight is 413 g/mol. The van der Waals surface area contributed by atoms with Gasteiger partial charge in [0.15, 0.2) is 11.6 Å². The molecule has 0 aliphatic heterocycles. The van der Waals surface area contributed by atoms with Crippen LogP contribution in [-0.4, -0.2) is 27.7 Å². The lowest BCUT2D eigenvalue weighted by atomic mass is 9.79. The summed E-state index contributed by atoms with van der Waals surface area (Å²) in [7, 11) is 0. The number of fused-ring (bicyclic) bond motifs is 4. The summed E-state index contributed by atoms with van der Waals surface area (Å²) >= 11 is 0. The number of esters is 1. The highest BCUT2D eigenvalue weighted by atomic mass is 16.5. The van der Waals surface area contributed by atoms with Gasteiger partial charge in [0.05, 0.1) is 16.6 Å². The summed E-state index contributed by atoms with van der Waals surface area (Å²) in [6.07, 6.45) is 3.79. The van der Waals surface area contributed by atoms with Crippen LogP contribution in [0.5, 0.6) is 0 Å². The molecule has 5 rings (SSSR count). The molecule has 0 bridgehead atoms. The van der Waals surface area contributed by atoms with Crippen LogP contribution in [0.3, 0.4) is 0 Å². The molecule has 2 heterocycles. The van der Waals surface area contributed by atoms with Crippen molar-refractivity contribution in [2.24, 2.45) is 5.41 Å². The van der Waals surface area contributed by atoms with Gasteiger partial charge in [-0.05, 0) is 17.5 Å². The summed E-state index contributed by atoms with van der Waals surface area (Å²) in [5.41, 5.74) is 0.897. The topological polar surface area (TPSA) is 81.9 Å². The van der Waals surface area contributed by atoms with Crippen LogP contribution in [-0.2, 0) is 9.53 Å². The van der Waals surface area contributed by atoms with Crippen molar-refractivity contribution in [1.82, 2.24) is 4.40 Å². The van der Waals surface area contributed by atoms with Crippen molar-refractivity contribution in [3.63, 3.8) is 0 Å². The van der Waals surface area contributed by atoms with Crippen molar-refractivity contribution in [3.8, 4) is 0 Å². The van der Waals surface area contributed by atoms with Gasteiger partial charge < -0.3 is 9.14 Å². The Kier molecular flexibility index (Phi) is 4.09. The zero-order valence-electron chi connectivity index (χ0n) is 17.1. The predicted octanol–water partition coefficient (Wildman–Crippen LogP) is 4.14. The number of allylic oxidation sites excluding steroid dienone is 2. The summed E-state index contributed by atoms with van der Waals surface area (Å²) in [4.78, 5) is 51.9. The van der Waals surface area contributed by atoms with Gasteiger partial charge in [-0.15, -0.1) is 0 Å². The number of aromatic nitrogens is 1. The Bertz CT molecular complexity index is 1360. The fourth-order valence-electron chi connectivity index (χ4n) is 4.52. The van der Waals surface area contributed by atoms with Gasteiger partial charge in [-0.3, -0.25) is 14.4 Å². The first-order valence-corrected chi connectivity index (χ1v) is 10.0. The molecule has 0 N–H and O–H groups in total. The molecule has 6 nitrogen and oxygen atoms in total. The minimum atomic E-state index is -0.748. The molecule has 31 heavy (non-hydrogen) atoms. The zero-order valence-corrected chi connectivity index (χ0v) is 17.1. The van der Waals surface area contributed by atoms with Crippen LogP contribution < -0.4 is 0 Å². The summed E-state index contributed by atoms with van der Waals surface area (Å²) < 4.78 is 7.17. The third kappa shape index (κ3) is 2.94. The van der Waals surface area contributed by atoms with Crippen molar-refractivity contribution in [2.45, 2.75) is 26.7 Å². The molecule has 1 aromatic carbocycles. The number of rotatable bonds is 2. The molecule has 2 aliphatic carbocycles. The van der Waals surface area contributed by atoms with E-state index >= 15 is 0 Å². The van der Waals surface area contributed by atoms with E-state index in [0.717, 1.165) is 0 Å². The molecule has 6 heteroatoms. The fourth-order valence-corrected chi connectivity index (χ4v) is 4.52. The normalized spacial score (nSPS) is 17.2. The second-order valence-corrected chi connectivity index (χ2v) is 8.74. The van der Waals surface area contributed by atoms with Gasteiger partial charge in [0.25, 0.3) is 0 Å². The summed E-state index contributed by atoms with van der Waals surface area (Å²) in [6.45, 7) is 3.86. The molecule has 0 saturated carbocycles. The number of ether oxygens (including phenoxy) is 1. The Morgan fingerprint density at radius 1 is 0.935 bits per heavy atom. The van der Waals surface area contributed by atoms with Gasteiger partial charge in [-0.25, -0.2) is 4.79 Å². The van der Waals surface area contributed by atoms with Crippen molar-refractivity contribution >= 4 is 28.8 Å². The highest BCUT2D eigenvalue weighted by Gasteiger charge is 2.39. The number of hydrogen-bond donors (Lipinski definition) is 0. The Balaban J connectivity index is 1.67. The van der Waals surface area contributed by atoms with Gasteiger partial charge in [-0.1, -0.05) is 44.2 Å². The number of benzene rings is 1. The van der Waals surface area contributed by atoms with Gasteiger partial charge >= 0.3 is 5.97 Å². The van der Waals surface area contributed by atoms with E-state index in [0.29, 0.717) is 23.9 Å². The summed E-state index contributed by atoms with van der Waals surface area (Å²) in [6, 6.07) is 11.7. The first kappa shape index (κ1) is 19.2. The Hall–Kier alpha value is -3.80. The van der Waals surface area contributed by atoms with E-state index in [1.165, 1.54) is 6.08 Å². The largest absolute Gasteiger partial charge is 0.427 e. The molecule has 2 aliphatic rings. The molecular formula is C25H19NO5. The molecule has 0 atom stereocenters. The van der Waals surface area contributed by atoms with Crippen LogP contribution in [0.2, 0.25) is 0 Å². The molecule has 0 fully saturated rings. The zero-order chi connectivity index (χ0) is 21.9. The van der Waals surface area contributed by atoms with Crippen molar-refractivity contribution in [2.75, 3.05) is 0 Å². The van der Waals surface area contributed by atoms with E-state index in [1.807, 2.05) is 13.8 Å². The highest BCUT2D eigenvalue weighted by molar-refractivity contribution is 6.31. The van der Waals surface area contributed by atoms with E-state index in [1.54, 1.807) is 53.1 Å². The maximum atomic E-state index is 13.4. The maximum Gasteiger partial charge on any atom is 0.346 e. The van der Waals surface area contributed by atoms with Crippen LogP contribution in [0, 0.1) is 5.41 Å². The van der Waals surface area contributed by atoms with E-state index < -0.39 is 11.8 Å². The molecule has 0 amide bonds. The van der Waals surface area contributed by atoms with E-state index in [2.05, 4.69) is 0 Å². The summed E-state index contributed by atoms with van der Waals surface area (Å²) in [5.74, 6) is -1.30. The molecule has 2 aromatic heterocycles. The van der Waals surface area contributed by atoms with Crippen LogP contribution in [0.4, 0.5) is 0 Å². The quantitative estimate of drug-likeness (QED) is 0.461. The van der Waals surface area contributed by atoms with Crippen LogP contribution in [0.15, 0.2) is 60.5 Å². The molecule has 0 saturated heterocycles. The standard InChI is InChI=1S/C25H19NO5/c1-25(2)12-14(27)11-15(13-25)31-24(30)19-18-9-5-6-10-26(18)21-20(19)22(28)16-7-3-4-8-17(16)23(21)29/h3-11H,12-13H2,1-2H3. The highest BCUT2D eigenvalue weighted by Crippen LogP contribution is 2.37. The summed E-state index contributed by atoms with van der Waals surface area (Å²) in [5, 5.41) is 0. The number of carbonyl (C=O) groups is 4. The lowest BCUT2D eigenvalue weighted by Gasteiger charge is -2.27. The smallest absolute Gasteiger partial charge is 0.346 e. The van der Waals surface area contributed by atoms with Crippen LogP contribution in [0.1, 0.15) is 69.0 Å². The number of nitrogens with zero attached hydrogens (tertiary/aromatic N) is 1. The second-order valence-electron chi connectivity index (χ2n) is 8.74. The monoisotopic (exact) mass is 413 g/mol. The minimum absolute atomic E-state index is 0.0418. The molecule has 0 unspecified atom stereocenters. The van der Waals surface area contributed by atoms with Gasteiger partial charge in [0, 0.05) is 36.2 Å². The third-order valence-electron chi connectivity index (χ3n) is 5.76. The van der Waals surface area contributed by atoms with Crippen molar-refractivity contribution in [1.29, 1.82) is 0 Å². The number of hydrogen-bond acceptors (Lipinski definition) is 5. The molecular weight excluding hydrogens is 394 g/mol. The molecule has 154 valence electrons.